The highest BCUT2D eigenvalue weighted by molar-refractivity contribution is 6.10. The van der Waals surface area contributed by atoms with E-state index in [9.17, 15) is 14.7 Å². The number of ketones is 1. The van der Waals surface area contributed by atoms with E-state index in [1.54, 1.807) is 42.3 Å². The van der Waals surface area contributed by atoms with E-state index >= 15 is 0 Å². The lowest BCUT2D eigenvalue weighted by atomic mass is 9.87. The Morgan fingerprint density at radius 1 is 1.19 bits per heavy atom. The standard InChI is InChI=1S/C21H23NO4/c1-4-11-22-18-10-5-14(2)12-17(18)21(25,20(22)24)13-19(23)15-6-8-16(26-3)9-7-15/h5-10,12,25H,4,11,13H2,1-3H3/t21-/m1/s1. The fourth-order valence-electron chi connectivity index (χ4n) is 3.39. The maximum Gasteiger partial charge on any atom is 0.264 e. The van der Waals surface area contributed by atoms with Gasteiger partial charge in [0.2, 0.25) is 0 Å². The zero-order valence-corrected chi connectivity index (χ0v) is 15.3. The molecule has 0 spiro atoms. The Kier molecular flexibility index (Phi) is 4.83. The summed E-state index contributed by atoms with van der Waals surface area (Å²) in [5, 5.41) is 11.2. The Bertz CT molecular complexity index is 844. The van der Waals surface area contributed by atoms with Gasteiger partial charge in [-0.1, -0.05) is 24.6 Å². The molecule has 3 rings (SSSR count). The number of aryl methyl sites for hydroxylation is 1. The topological polar surface area (TPSA) is 66.8 Å². The van der Waals surface area contributed by atoms with Gasteiger partial charge in [0.1, 0.15) is 5.75 Å². The molecule has 26 heavy (non-hydrogen) atoms. The molecule has 0 saturated heterocycles. The first-order chi connectivity index (χ1) is 12.4. The highest BCUT2D eigenvalue weighted by Crippen LogP contribution is 2.43. The van der Waals surface area contributed by atoms with E-state index in [2.05, 4.69) is 0 Å². The van der Waals surface area contributed by atoms with Gasteiger partial charge >= 0.3 is 0 Å². The number of carbonyl (C=O) groups excluding carboxylic acids is 2. The summed E-state index contributed by atoms with van der Waals surface area (Å²) in [6.07, 6.45) is 0.483. The number of aliphatic hydroxyl groups is 1. The third-order valence-electron chi connectivity index (χ3n) is 4.76. The average Bonchev–Trinajstić information content (AvgIpc) is 2.84. The summed E-state index contributed by atoms with van der Waals surface area (Å²) in [5.41, 5.74) is 0.749. The number of nitrogens with zero attached hydrogens (tertiary/aromatic N) is 1. The molecular weight excluding hydrogens is 330 g/mol. The molecule has 0 aliphatic carbocycles. The molecule has 5 nitrogen and oxygen atoms in total. The molecule has 1 heterocycles. The minimum atomic E-state index is -1.83. The lowest BCUT2D eigenvalue weighted by Gasteiger charge is -2.22. The van der Waals surface area contributed by atoms with Crippen LogP contribution in [0.1, 0.15) is 41.3 Å². The van der Waals surface area contributed by atoms with Crippen LogP contribution in [-0.4, -0.2) is 30.5 Å². The van der Waals surface area contributed by atoms with Gasteiger partial charge in [-0.25, -0.2) is 0 Å². The van der Waals surface area contributed by atoms with E-state index in [0.29, 0.717) is 29.1 Å². The van der Waals surface area contributed by atoms with Crippen molar-refractivity contribution >= 4 is 17.4 Å². The fourth-order valence-corrected chi connectivity index (χ4v) is 3.39. The van der Waals surface area contributed by atoms with Crippen molar-refractivity contribution in [2.24, 2.45) is 0 Å². The first-order valence-corrected chi connectivity index (χ1v) is 8.73. The summed E-state index contributed by atoms with van der Waals surface area (Å²) >= 11 is 0. The first kappa shape index (κ1) is 18.1. The number of ether oxygens (including phenoxy) is 1. The molecule has 0 saturated carbocycles. The zero-order chi connectivity index (χ0) is 18.9. The molecule has 1 aliphatic heterocycles. The lowest BCUT2D eigenvalue weighted by Crippen LogP contribution is -2.42. The number of anilines is 1. The predicted octanol–water partition coefficient (Wildman–Crippen LogP) is 3.22. The molecule has 1 amide bonds. The molecule has 0 fully saturated rings. The van der Waals surface area contributed by atoms with Crippen molar-refractivity contribution in [2.75, 3.05) is 18.6 Å². The number of fused-ring (bicyclic) bond motifs is 1. The van der Waals surface area contributed by atoms with Crippen molar-refractivity contribution in [1.82, 2.24) is 0 Å². The van der Waals surface area contributed by atoms with Crippen molar-refractivity contribution < 1.29 is 19.4 Å². The monoisotopic (exact) mass is 353 g/mol. The van der Waals surface area contributed by atoms with Crippen molar-refractivity contribution in [3.63, 3.8) is 0 Å². The summed E-state index contributed by atoms with van der Waals surface area (Å²) in [6.45, 7) is 4.38. The van der Waals surface area contributed by atoms with Gasteiger partial charge in [0.05, 0.1) is 19.2 Å². The van der Waals surface area contributed by atoms with Crippen LogP contribution in [0, 0.1) is 6.92 Å². The Hall–Kier alpha value is -2.66. The third-order valence-corrected chi connectivity index (χ3v) is 4.76. The smallest absolute Gasteiger partial charge is 0.264 e. The number of hydrogen-bond donors (Lipinski definition) is 1. The van der Waals surface area contributed by atoms with Gasteiger partial charge in [-0.2, -0.15) is 0 Å². The van der Waals surface area contributed by atoms with Crippen LogP contribution in [0.3, 0.4) is 0 Å². The van der Waals surface area contributed by atoms with Gasteiger partial charge in [0, 0.05) is 17.7 Å². The van der Waals surface area contributed by atoms with E-state index in [0.717, 1.165) is 12.0 Å². The lowest BCUT2D eigenvalue weighted by molar-refractivity contribution is -0.135. The van der Waals surface area contributed by atoms with Gasteiger partial charge in [-0.3, -0.25) is 9.59 Å². The number of methoxy groups -OCH3 is 1. The van der Waals surface area contributed by atoms with Gasteiger partial charge < -0.3 is 14.7 Å². The fraction of sp³-hybridized carbons (Fsp3) is 0.333. The SMILES string of the molecule is CCCN1C(=O)[C@@](O)(CC(=O)c2ccc(OC)cc2)c2cc(C)ccc21. The Balaban J connectivity index is 1.96. The Morgan fingerprint density at radius 2 is 1.88 bits per heavy atom. The summed E-state index contributed by atoms with van der Waals surface area (Å²) in [5.74, 6) is -0.0663. The summed E-state index contributed by atoms with van der Waals surface area (Å²) < 4.78 is 5.10. The Morgan fingerprint density at radius 3 is 2.50 bits per heavy atom. The quantitative estimate of drug-likeness (QED) is 0.810. The van der Waals surface area contributed by atoms with E-state index in [4.69, 9.17) is 4.74 Å². The second kappa shape index (κ2) is 6.92. The predicted molar refractivity (Wildman–Crippen MR) is 99.7 cm³/mol. The molecule has 1 atom stereocenters. The molecule has 2 aromatic rings. The van der Waals surface area contributed by atoms with E-state index < -0.39 is 11.5 Å². The van der Waals surface area contributed by atoms with E-state index in [-0.39, 0.29) is 12.2 Å². The van der Waals surface area contributed by atoms with Crippen LogP contribution in [0.25, 0.3) is 0 Å². The Labute approximate surface area is 153 Å². The van der Waals surface area contributed by atoms with Gasteiger partial charge in [-0.15, -0.1) is 0 Å². The largest absolute Gasteiger partial charge is 0.497 e. The molecule has 136 valence electrons. The number of Topliss-reactive ketones (excluding diaryl/α,β-unsaturated/α-hetero) is 1. The molecule has 0 unspecified atom stereocenters. The number of amides is 1. The van der Waals surface area contributed by atoms with Crippen molar-refractivity contribution in [2.45, 2.75) is 32.3 Å². The molecule has 0 radical (unpaired) electrons. The number of carbonyl (C=O) groups is 2. The summed E-state index contributed by atoms with van der Waals surface area (Å²) in [4.78, 5) is 27.3. The van der Waals surface area contributed by atoms with Gasteiger partial charge in [0.25, 0.3) is 5.91 Å². The molecule has 5 heteroatoms. The zero-order valence-electron chi connectivity index (χ0n) is 15.3. The van der Waals surface area contributed by atoms with Crippen molar-refractivity contribution in [3.05, 3.63) is 59.2 Å². The summed E-state index contributed by atoms with van der Waals surface area (Å²) in [6, 6.07) is 12.2. The van der Waals surface area contributed by atoms with Crippen LogP contribution in [-0.2, 0) is 10.4 Å². The number of hydrogen-bond acceptors (Lipinski definition) is 4. The molecule has 1 N–H and O–H groups in total. The minimum absolute atomic E-state index is 0.283. The van der Waals surface area contributed by atoms with Crippen LogP contribution in [0.2, 0.25) is 0 Å². The highest BCUT2D eigenvalue weighted by atomic mass is 16.5. The molecule has 0 bridgehead atoms. The van der Waals surface area contributed by atoms with Crippen LogP contribution in [0.5, 0.6) is 5.75 Å². The first-order valence-electron chi connectivity index (χ1n) is 8.73. The molecule has 0 aromatic heterocycles. The highest BCUT2D eigenvalue weighted by Gasteiger charge is 2.50. The maximum absolute atomic E-state index is 13.0. The number of rotatable bonds is 6. The second-order valence-electron chi connectivity index (χ2n) is 6.67. The molecule has 1 aliphatic rings. The van der Waals surface area contributed by atoms with E-state index in [1.807, 2.05) is 26.0 Å². The normalized spacial score (nSPS) is 18.8. The van der Waals surface area contributed by atoms with Crippen molar-refractivity contribution in [3.8, 4) is 5.75 Å². The molecular formula is C21H23NO4. The van der Waals surface area contributed by atoms with Crippen LogP contribution < -0.4 is 9.64 Å². The minimum Gasteiger partial charge on any atom is -0.497 e. The van der Waals surface area contributed by atoms with Crippen LogP contribution >= 0.6 is 0 Å². The van der Waals surface area contributed by atoms with Crippen LogP contribution in [0.4, 0.5) is 5.69 Å². The summed E-state index contributed by atoms with van der Waals surface area (Å²) in [7, 11) is 1.55. The van der Waals surface area contributed by atoms with Gasteiger partial charge in [0.15, 0.2) is 11.4 Å². The van der Waals surface area contributed by atoms with Crippen molar-refractivity contribution in [1.29, 1.82) is 0 Å². The van der Waals surface area contributed by atoms with Crippen LogP contribution in [0.15, 0.2) is 42.5 Å². The maximum atomic E-state index is 13.0. The average molecular weight is 353 g/mol. The molecule has 2 aromatic carbocycles. The number of benzene rings is 2. The third kappa shape index (κ3) is 2.99. The van der Waals surface area contributed by atoms with Gasteiger partial charge in [-0.05, 0) is 43.7 Å². The second-order valence-corrected chi connectivity index (χ2v) is 6.67. The van der Waals surface area contributed by atoms with E-state index in [1.165, 1.54) is 0 Å².